The van der Waals surface area contributed by atoms with Crippen LogP contribution in [0.5, 0.6) is 0 Å². The lowest BCUT2D eigenvalue weighted by Gasteiger charge is -2.36. The maximum Gasteiger partial charge on any atom is 0.191 e. The Bertz CT molecular complexity index is 280. The summed E-state index contributed by atoms with van der Waals surface area (Å²) < 4.78 is 6.20. The molecule has 2 aliphatic carbocycles. The fourth-order valence-corrected chi connectivity index (χ4v) is 3.97. The van der Waals surface area contributed by atoms with Crippen LogP contribution in [0.1, 0.15) is 40.0 Å². The lowest BCUT2D eigenvalue weighted by atomic mass is 9.97. The van der Waals surface area contributed by atoms with Crippen LogP contribution in [0.15, 0.2) is 0 Å². The Morgan fingerprint density at radius 3 is 2.35 bits per heavy atom. The highest BCUT2D eigenvalue weighted by Gasteiger charge is 2.52. The van der Waals surface area contributed by atoms with E-state index in [4.69, 9.17) is 4.43 Å². The molecule has 0 aliphatic heterocycles. The van der Waals surface area contributed by atoms with Crippen molar-refractivity contribution in [3.63, 3.8) is 0 Å². The molecule has 0 spiro atoms. The minimum absolute atomic E-state index is 0.0400. The second-order valence-electron chi connectivity index (χ2n) is 7.52. The third-order valence-electron chi connectivity index (χ3n) is 5.29. The molecule has 0 unspecified atom stereocenters. The molecule has 2 saturated carbocycles. The van der Waals surface area contributed by atoms with Gasteiger partial charge < -0.3 is 9.53 Å². The summed E-state index contributed by atoms with van der Waals surface area (Å²) in [6.07, 6.45) is 3.44. The molecule has 0 saturated heterocycles. The summed E-state index contributed by atoms with van der Waals surface area (Å²) >= 11 is 0. The van der Waals surface area contributed by atoms with Crippen LogP contribution in [0.25, 0.3) is 0 Å². The van der Waals surface area contributed by atoms with Crippen molar-refractivity contribution in [2.45, 2.75) is 64.3 Å². The van der Waals surface area contributed by atoms with Crippen LogP contribution in [0.3, 0.4) is 0 Å². The van der Waals surface area contributed by atoms with Gasteiger partial charge in [0.25, 0.3) is 0 Å². The smallest absolute Gasteiger partial charge is 0.191 e. The molecule has 1 N–H and O–H groups in total. The quantitative estimate of drug-likeness (QED) is 0.781. The number of aliphatic hydroxyl groups is 1. The lowest BCUT2D eigenvalue weighted by molar-refractivity contribution is 0.0963. The Morgan fingerprint density at radius 1 is 1.24 bits per heavy atom. The highest BCUT2D eigenvalue weighted by molar-refractivity contribution is 6.74. The highest BCUT2D eigenvalue weighted by Crippen LogP contribution is 2.56. The molecule has 3 heteroatoms. The summed E-state index contributed by atoms with van der Waals surface area (Å²) in [4.78, 5) is 0. The van der Waals surface area contributed by atoms with E-state index in [9.17, 15) is 5.11 Å². The fraction of sp³-hybridized carbons (Fsp3) is 1.00. The standard InChI is InChI=1S/C14H28O2Si/c1-14(2,3)17(4,5)16-7-6-11-12-8-10(12)9-13(11)15/h10-13,15H,6-9H2,1-5H3/t10-,11-,12-,13+/m0/s1. The van der Waals surface area contributed by atoms with Crippen molar-refractivity contribution in [1.82, 2.24) is 0 Å². The van der Waals surface area contributed by atoms with Gasteiger partial charge in [0.2, 0.25) is 0 Å². The van der Waals surface area contributed by atoms with Gasteiger partial charge in [0.05, 0.1) is 6.10 Å². The van der Waals surface area contributed by atoms with E-state index in [-0.39, 0.29) is 6.10 Å². The van der Waals surface area contributed by atoms with Crippen molar-refractivity contribution in [3.05, 3.63) is 0 Å². The summed E-state index contributed by atoms with van der Waals surface area (Å²) in [5.41, 5.74) is 0. The number of hydrogen-bond acceptors (Lipinski definition) is 2. The average molecular weight is 256 g/mol. The molecule has 0 aromatic rings. The maximum atomic E-state index is 9.93. The first kappa shape index (κ1) is 13.6. The van der Waals surface area contributed by atoms with Gasteiger partial charge >= 0.3 is 0 Å². The first-order chi connectivity index (χ1) is 7.72. The molecular formula is C14H28O2Si. The van der Waals surface area contributed by atoms with E-state index >= 15 is 0 Å². The van der Waals surface area contributed by atoms with Crippen molar-refractivity contribution >= 4 is 8.32 Å². The molecule has 0 bridgehead atoms. The van der Waals surface area contributed by atoms with Gasteiger partial charge in [-0.3, -0.25) is 0 Å². The minimum atomic E-state index is -1.59. The molecule has 2 rings (SSSR count). The maximum absolute atomic E-state index is 9.93. The normalized spacial score (nSPS) is 37.1. The summed E-state index contributed by atoms with van der Waals surface area (Å²) in [5, 5.41) is 10.2. The molecule has 2 aliphatic rings. The third-order valence-corrected chi connectivity index (χ3v) is 9.82. The zero-order valence-electron chi connectivity index (χ0n) is 12.0. The predicted octanol–water partition coefficient (Wildman–Crippen LogP) is 3.42. The van der Waals surface area contributed by atoms with Gasteiger partial charge in [0.1, 0.15) is 0 Å². The van der Waals surface area contributed by atoms with Crippen molar-refractivity contribution in [2.75, 3.05) is 6.61 Å². The second kappa shape index (κ2) is 4.36. The molecule has 17 heavy (non-hydrogen) atoms. The number of fused-ring (bicyclic) bond motifs is 1. The number of aliphatic hydroxyl groups excluding tert-OH is 1. The first-order valence-electron chi connectivity index (χ1n) is 7.04. The van der Waals surface area contributed by atoms with Gasteiger partial charge in [-0.2, -0.15) is 0 Å². The second-order valence-corrected chi connectivity index (χ2v) is 12.3. The molecule has 0 radical (unpaired) electrons. The van der Waals surface area contributed by atoms with E-state index in [1.54, 1.807) is 0 Å². The van der Waals surface area contributed by atoms with Crippen LogP contribution in [0, 0.1) is 17.8 Å². The van der Waals surface area contributed by atoms with Crippen LogP contribution in [0.2, 0.25) is 18.1 Å². The number of rotatable bonds is 4. The van der Waals surface area contributed by atoms with Gasteiger partial charge in [0.15, 0.2) is 8.32 Å². The molecule has 0 aromatic carbocycles. The zero-order valence-corrected chi connectivity index (χ0v) is 13.0. The topological polar surface area (TPSA) is 29.5 Å². The van der Waals surface area contributed by atoms with Crippen molar-refractivity contribution in [1.29, 1.82) is 0 Å². The Kier molecular flexibility index (Phi) is 3.48. The van der Waals surface area contributed by atoms with Crippen molar-refractivity contribution in [2.24, 2.45) is 17.8 Å². The summed E-state index contributed by atoms with van der Waals surface area (Å²) in [7, 11) is -1.59. The predicted molar refractivity (Wildman–Crippen MR) is 73.5 cm³/mol. The molecule has 100 valence electrons. The van der Waals surface area contributed by atoms with Gasteiger partial charge in [-0.25, -0.2) is 0 Å². The Balaban J connectivity index is 1.76. The van der Waals surface area contributed by atoms with Crippen LogP contribution >= 0.6 is 0 Å². The van der Waals surface area contributed by atoms with Crippen molar-refractivity contribution < 1.29 is 9.53 Å². The molecular weight excluding hydrogens is 228 g/mol. The zero-order chi connectivity index (χ0) is 12.8. The average Bonchev–Trinajstić information content (AvgIpc) is 2.83. The highest BCUT2D eigenvalue weighted by atomic mass is 28.4. The molecule has 2 fully saturated rings. The van der Waals surface area contributed by atoms with Crippen LogP contribution in [0.4, 0.5) is 0 Å². The van der Waals surface area contributed by atoms with E-state index in [1.165, 1.54) is 6.42 Å². The van der Waals surface area contributed by atoms with Gasteiger partial charge in [-0.15, -0.1) is 0 Å². The molecule has 2 nitrogen and oxygen atoms in total. The fourth-order valence-electron chi connectivity index (χ4n) is 2.91. The van der Waals surface area contributed by atoms with Gasteiger partial charge in [0, 0.05) is 6.61 Å². The lowest BCUT2D eigenvalue weighted by Crippen LogP contribution is -2.41. The first-order valence-corrected chi connectivity index (χ1v) is 9.95. The Hall–Kier alpha value is 0.137. The molecule has 0 amide bonds. The molecule has 4 atom stereocenters. The van der Waals surface area contributed by atoms with Gasteiger partial charge in [-0.05, 0) is 55.1 Å². The van der Waals surface area contributed by atoms with E-state index in [0.29, 0.717) is 11.0 Å². The number of hydrogen-bond donors (Lipinski definition) is 1. The minimum Gasteiger partial charge on any atom is -0.417 e. The largest absolute Gasteiger partial charge is 0.417 e. The molecule has 0 heterocycles. The van der Waals surface area contributed by atoms with E-state index < -0.39 is 8.32 Å². The van der Waals surface area contributed by atoms with Gasteiger partial charge in [-0.1, -0.05) is 20.8 Å². The Labute approximate surface area is 107 Å². The van der Waals surface area contributed by atoms with E-state index in [0.717, 1.165) is 31.3 Å². The SMILES string of the molecule is CC(C)(C)[Si](C)(C)OCC[C@H]1[C@H]2C[C@H]2C[C@H]1O. The van der Waals surface area contributed by atoms with Crippen LogP contribution < -0.4 is 0 Å². The Morgan fingerprint density at radius 2 is 1.88 bits per heavy atom. The summed E-state index contributed by atoms with van der Waals surface area (Å²) in [6.45, 7) is 12.3. The summed E-state index contributed by atoms with van der Waals surface area (Å²) in [6, 6.07) is 0. The summed E-state index contributed by atoms with van der Waals surface area (Å²) in [5.74, 6) is 2.21. The third kappa shape index (κ3) is 2.77. The van der Waals surface area contributed by atoms with Crippen molar-refractivity contribution in [3.8, 4) is 0 Å². The monoisotopic (exact) mass is 256 g/mol. The van der Waals surface area contributed by atoms with E-state index in [1.807, 2.05) is 0 Å². The van der Waals surface area contributed by atoms with Crippen LogP contribution in [-0.2, 0) is 4.43 Å². The van der Waals surface area contributed by atoms with Crippen LogP contribution in [-0.4, -0.2) is 26.1 Å². The van der Waals surface area contributed by atoms with E-state index in [2.05, 4.69) is 33.9 Å². The molecule has 0 aromatic heterocycles.